The summed E-state index contributed by atoms with van der Waals surface area (Å²) in [6.07, 6.45) is 0. The molecule has 0 unspecified atom stereocenters. The van der Waals surface area contributed by atoms with Crippen molar-refractivity contribution < 1.29 is 18.0 Å². The maximum absolute atomic E-state index is 12.5. The Hall–Kier alpha value is -3.17. The van der Waals surface area contributed by atoms with Crippen LogP contribution in [0.2, 0.25) is 0 Å². The summed E-state index contributed by atoms with van der Waals surface area (Å²) >= 11 is 0. The summed E-state index contributed by atoms with van der Waals surface area (Å²) < 4.78 is 27.9. The van der Waals surface area contributed by atoms with Crippen LogP contribution in [-0.2, 0) is 26.2 Å². The molecule has 1 heterocycles. The van der Waals surface area contributed by atoms with E-state index in [2.05, 4.69) is 10.9 Å². The highest BCUT2D eigenvalue weighted by Crippen LogP contribution is 2.19. The van der Waals surface area contributed by atoms with Crippen molar-refractivity contribution in [2.45, 2.75) is 25.3 Å². The van der Waals surface area contributed by atoms with Gasteiger partial charge in [0.15, 0.2) is 0 Å². The summed E-state index contributed by atoms with van der Waals surface area (Å²) in [6.45, 7) is 3.35. The van der Waals surface area contributed by atoms with E-state index >= 15 is 0 Å². The summed E-state index contributed by atoms with van der Waals surface area (Å²) in [5, 5.41) is 1.02. The highest BCUT2D eigenvalue weighted by Gasteiger charge is 2.23. The van der Waals surface area contributed by atoms with E-state index in [0.717, 1.165) is 26.5 Å². The van der Waals surface area contributed by atoms with E-state index in [1.54, 1.807) is 12.1 Å². The van der Waals surface area contributed by atoms with Crippen LogP contribution in [0.3, 0.4) is 0 Å². The second kappa shape index (κ2) is 8.68. The Morgan fingerprint density at radius 1 is 0.967 bits per heavy atom. The van der Waals surface area contributed by atoms with Gasteiger partial charge in [-0.15, -0.1) is 0 Å². The first-order valence-electron chi connectivity index (χ1n) is 9.34. The van der Waals surface area contributed by atoms with Gasteiger partial charge in [-0.2, -0.15) is 4.31 Å². The second-order valence-corrected chi connectivity index (χ2v) is 9.15. The Labute approximate surface area is 175 Å². The van der Waals surface area contributed by atoms with Crippen LogP contribution >= 0.6 is 0 Å². The quantitative estimate of drug-likeness (QED) is 0.584. The second-order valence-electron chi connectivity index (χ2n) is 7.10. The van der Waals surface area contributed by atoms with Crippen LogP contribution in [0.5, 0.6) is 0 Å². The monoisotopic (exact) mass is 428 g/mol. The normalized spacial score (nSPS) is 11.6. The number of hydrogen-bond donors (Lipinski definition) is 2. The van der Waals surface area contributed by atoms with Crippen molar-refractivity contribution in [1.82, 2.24) is 19.7 Å². The molecule has 2 aromatic carbocycles. The van der Waals surface area contributed by atoms with Gasteiger partial charge in [-0.05, 0) is 43.5 Å². The Bertz CT molecular complexity index is 1180. The largest absolute Gasteiger partial charge is 0.335 e. The Morgan fingerprint density at radius 3 is 2.30 bits per heavy atom. The Kier molecular flexibility index (Phi) is 6.23. The number of amides is 2. The lowest BCUT2D eigenvalue weighted by molar-refractivity contribution is -0.129. The van der Waals surface area contributed by atoms with Gasteiger partial charge in [0.2, 0.25) is 10.0 Å². The van der Waals surface area contributed by atoms with Crippen LogP contribution in [0, 0.1) is 13.8 Å². The fraction of sp³-hybridized carbons (Fsp3) is 0.238. The van der Waals surface area contributed by atoms with Gasteiger partial charge < -0.3 is 4.57 Å². The van der Waals surface area contributed by atoms with Crippen LogP contribution in [0.25, 0.3) is 10.9 Å². The zero-order chi connectivity index (χ0) is 21.9. The van der Waals surface area contributed by atoms with Gasteiger partial charge in [0, 0.05) is 18.3 Å². The minimum absolute atomic E-state index is 0.0249. The number of rotatable bonds is 6. The predicted octanol–water partition coefficient (Wildman–Crippen LogP) is 1.73. The number of aryl methyl sites for hydroxylation is 2. The summed E-state index contributed by atoms with van der Waals surface area (Å²) in [5.41, 5.74) is 7.37. The maximum atomic E-state index is 12.5. The molecular weight excluding hydrogens is 404 g/mol. The number of aromatic nitrogens is 1. The lowest BCUT2D eigenvalue weighted by Crippen LogP contribution is -2.47. The van der Waals surface area contributed by atoms with Crippen molar-refractivity contribution in [3.8, 4) is 0 Å². The molecule has 8 nitrogen and oxygen atoms in total. The van der Waals surface area contributed by atoms with Crippen LogP contribution in [0.4, 0.5) is 0 Å². The van der Waals surface area contributed by atoms with Crippen molar-refractivity contribution >= 4 is 32.7 Å². The molecule has 0 bridgehead atoms. The van der Waals surface area contributed by atoms with E-state index in [0.29, 0.717) is 0 Å². The van der Waals surface area contributed by atoms with Crippen molar-refractivity contribution in [2.75, 3.05) is 13.6 Å². The molecule has 30 heavy (non-hydrogen) atoms. The molecule has 0 aliphatic carbocycles. The van der Waals surface area contributed by atoms with Gasteiger partial charge in [0.25, 0.3) is 11.8 Å². The number of para-hydroxylation sites is 1. The average Bonchev–Trinajstić information content (AvgIpc) is 3.02. The van der Waals surface area contributed by atoms with Crippen LogP contribution in [-0.4, -0.2) is 42.7 Å². The van der Waals surface area contributed by atoms with E-state index in [1.807, 2.05) is 48.7 Å². The van der Waals surface area contributed by atoms with Crippen molar-refractivity contribution in [1.29, 1.82) is 0 Å². The van der Waals surface area contributed by atoms with E-state index in [1.165, 1.54) is 19.2 Å². The molecule has 0 aliphatic rings. The molecule has 0 spiro atoms. The molecule has 0 saturated heterocycles. The molecule has 0 aliphatic heterocycles. The third kappa shape index (κ3) is 4.69. The van der Waals surface area contributed by atoms with Gasteiger partial charge in [0.05, 0.1) is 11.4 Å². The number of carbonyl (C=O) groups excluding carboxylic acids is 2. The van der Waals surface area contributed by atoms with E-state index < -0.39 is 28.4 Å². The number of likely N-dealkylation sites (N-methyl/N-ethyl adjacent to an activating group) is 1. The number of fused-ring (bicyclic) bond motifs is 1. The molecule has 0 radical (unpaired) electrons. The molecule has 3 rings (SSSR count). The summed E-state index contributed by atoms with van der Waals surface area (Å²) in [5.74, 6) is -1.06. The van der Waals surface area contributed by atoms with Gasteiger partial charge in [-0.1, -0.05) is 35.9 Å². The van der Waals surface area contributed by atoms with E-state index in [4.69, 9.17) is 0 Å². The molecular formula is C21H24N4O4S. The third-order valence-electron chi connectivity index (χ3n) is 4.76. The Morgan fingerprint density at radius 2 is 1.60 bits per heavy atom. The third-order valence-corrected chi connectivity index (χ3v) is 6.57. The van der Waals surface area contributed by atoms with Gasteiger partial charge in [-0.25, -0.2) is 8.42 Å². The standard InChI is InChI=1S/C21H24N4O4S/c1-15-8-10-18(11-9-15)30(28,29)24(3)13-20(26)22-23-21(27)14-25-16(2)12-17-6-4-5-7-19(17)25/h4-12H,13-14H2,1-3H3,(H,22,26)(H,23,27). The smallest absolute Gasteiger partial charge is 0.258 e. The lowest BCUT2D eigenvalue weighted by atomic mass is 10.2. The number of nitrogens with one attached hydrogen (secondary N) is 2. The highest BCUT2D eigenvalue weighted by molar-refractivity contribution is 7.89. The lowest BCUT2D eigenvalue weighted by Gasteiger charge is -2.17. The molecule has 9 heteroatoms. The van der Waals surface area contributed by atoms with E-state index in [-0.39, 0.29) is 11.4 Å². The SMILES string of the molecule is Cc1ccc(S(=O)(=O)N(C)CC(=O)NNC(=O)Cn2c(C)cc3ccccc32)cc1. The van der Waals surface area contributed by atoms with E-state index in [9.17, 15) is 18.0 Å². The zero-order valence-corrected chi connectivity index (χ0v) is 17.9. The zero-order valence-electron chi connectivity index (χ0n) is 17.0. The van der Waals surface area contributed by atoms with Crippen LogP contribution in [0.1, 0.15) is 11.3 Å². The topological polar surface area (TPSA) is 101 Å². The maximum Gasteiger partial charge on any atom is 0.258 e. The minimum Gasteiger partial charge on any atom is -0.335 e. The first-order valence-corrected chi connectivity index (χ1v) is 10.8. The first-order chi connectivity index (χ1) is 14.2. The van der Waals surface area contributed by atoms with Crippen LogP contribution in [0.15, 0.2) is 59.5 Å². The molecule has 2 amide bonds. The predicted molar refractivity (Wildman–Crippen MR) is 114 cm³/mol. The number of nitrogens with zero attached hydrogens (tertiary/aromatic N) is 2. The molecule has 2 N–H and O–H groups in total. The molecule has 1 aromatic heterocycles. The number of hydrogen-bond acceptors (Lipinski definition) is 4. The van der Waals surface area contributed by atoms with Gasteiger partial charge in [0.1, 0.15) is 6.54 Å². The van der Waals surface area contributed by atoms with Gasteiger partial charge >= 0.3 is 0 Å². The molecule has 3 aromatic rings. The highest BCUT2D eigenvalue weighted by atomic mass is 32.2. The van der Waals surface area contributed by atoms with Crippen LogP contribution < -0.4 is 10.9 Å². The molecule has 158 valence electrons. The van der Waals surface area contributed by atoms with Crippen molar-refractivity contribution in [3.05, 3.63) is 65.9 Å². The summed E-state index contributed by atoms with van der Waals surface area (Å²) in [6, 6.07) is 16.0. The first kappa shape index (κ1) is 21.5. The number of sulfonamides is 1. The number of benzene rings is 2. The molecule has 0 fully saturated rings. The molecule has 0 atom stereocenters. The number of hydrazine groups is 1. The fourth-order valence-corrected chi connectivity index (χ4v) is 4.22. The fourth-order valence-electron chi connectivity index (χ4n) is 3.10. The average molecular weight is 429 g/mol. The van der Waals surface area contributed by atoms with Crippen molar-refractivity contribution in [3.63, 3.8) is 0 Å². The summed E-state index contributed by atoms with van der Waals surface area (Å²) in [4.78, 5) is 24.5. The minimum atomic E-state index is -3.80. The number of carbonyl (C=O) groups is 2. The molecule has 0 saturated carbocycles. The van der Waals surface area contributed by atoms with Crippen molar-refractivity contribution in [2.24, 2.45) is 0 Å². The Balaban J connectivity index is 1.56. The van der Waals surface area contributed by atoms with Gasteiger partial charge in [-0.3, -0.25) is 20.4 Å². The summed E-state index contributed by atoms with van der Waals surface area (Å²) in [7, 11) is -2.49.